The summed E-state index contributed by atoms with van der Waals surface area (Å²) in [6.45, 7) is 9.09. The van der Waals surface area contributed by atoms with Crippen LogP contribution in [0.3, 0.4) is 0 Å². The zero-order valence-electron chi connectivity index (χ0n) is 17.9. The molecule has 0 aliphatic heterocycles. The highest BCUT2D eigenvalue weighted by atomic mass is 16.5. The van der Waals surface area contributed by atoms with E-state index in [4.69, 9.17) is 9.47 Å². The lowest BCUT2D eigenvalue weighted by Crippen LogP contribution is -2.23. The number of carbonyl (C=O) groups excluding carboxylic acids is 1. The molecule has 0 heterocycles. The van der Waals surface area contributed by atoms with Crippen molar-refractivity contribution < 1.29 is 14.3 Å². The lowest BCUT2D eigenvalue weighted by atomic mass is 10.1. The minimum absolute atomic E-state index is 0.212. The van der Waals surface area contributed by atoms with Crippen molar-refractivity contribution in [3.63, 3.8) is 0 Å². The van der Waals surface area contributed by atoms with E-state index in [-0.39, 0.29) is 12.5 Å². The van der Waals surface area contributed by atoms with Crippen molar-refractivity contribution in [1.29, 1.82) is 0 Å². The molecule has 0 aliphatic rings. The number of rotatable bonds is 8. The molecule has 0 saturated carbocycles. The maximum absolute atomic E-state index is 11.9. The van der Waals surface area contributed by atoms with E-state index in [0.29, 0.717) is 17.0 Å². The first-order valence-corrected chi connectivity index (χ1v) is 9.18. The van der Waals surface area contributed by atoms with E-state index in [2.05, 4.69) is 16.9 Å². The molecule has 0 N–H and O–H groups in total. The predicted molar refractivity (Wildman–Crippen MR) is 117 cm³/mol. The van der Waals surface area contributed by atoms with Crippen molar-refractivity contribution in [2.45, 2.75) is 27.4 Å². The highest BCUT2D eigenvalue weighted by Gasteiger charge is 2.18. The summed E-state index contributed by atoms with van der Waals surface area (Å²) in [7, 11) is 5.36. The van der Waals surface area contributed by atoms with E-state index in [1.807, 2.05) is 52.2 Å². The van der Waals surface area contributed by atoms with Crippen LogP contribution in [0, 0.1) is 6.92 Å². The Morgan fingerprint density at radius 1 is 1.14 bits per heavy atom. The van der Waals surface area contributed by atoms with Gasteiger partial charge in [0, 0.05) is 27.7 Å². The molecule has 7 heteroatoms. The molecule has 0 saturated heterocycles. The Labute approximate surface area is 172 Å². The third-order valence-electron chi connectivity index (χ3n) is 4.31. The molecule has 7 nitrogen and oxygen atoms in total. The first kappa shape index (κ1) is 21.9. The van der Waals surface area contributed by atoms with Crippen molar-refractivity contribution in [3.8, 4) is 11.5 Å². The average Bonchev–Trinajstić information content (AvgIpc) is 2.67. The fraction of sp³-hybridized carbons (Fsp3) is 0.318. The fourth-order valence-electron chi connectivity index (χ4n) is 2.98. The Hall–Kier alpha value is -3.35. The summed E-state index contributed by atoms with van der Waals surface area (Å²) in [4.78, 5) is 11.9. The van der Waals surface area contributed by atoms with Crippen LogP contribution >= 0.6 is 0 Å². The van der Waals surface area contributed by atoms with Crippen molar-refractivity contribution in [1.82, 2.24) is 5.01 Å². The van der Waals surface area contributed by atoms with Gasteiger partial charge in [-0.3, -0.25) is 4.79 Å². The molecule has 0 radical (unpaired) electrons. The second-order valence-electron chi connectivity index (χ2n) is 6.73. The molecule has 2 aromatic carbocycles. The summed E-state index contributed by atoms with van der Waals surface area (Å²) in [5.74, 6) is 1.11. The number of hydrogen-bond donors (Lipinski definition) is 0. The van der Waals surface area contributed by atoms with Gasteiger partial charge in [-0.15, -0.1) is 0 Å². The van der Waals surface area contributed by atoms with Gasteiger partial charge >= 0.3 is 0 Å². The van der Waals surface area contributed by atoms with Crippen LogP contribution < -0.4 is 14.5 Å². The number of nitrogens with zero attached hydrogens (tertiary/aromatic N) is 4. The molecular weight excluding hydrogens is 368 g/mol. The summed E-state index contributed by atoms with van der Waals surface area (Å²) in [6, 6.07) is 11.3. The van der Waals surface area contributed by atoms with Gasteiger partial charge in [0.1, 0.15) is 18.1 Å². The summed E-state index contributed by atoms with van der Waals surface area (Å²) >= 11 is 0. The maximum atomic E-state index is 11.9. The average molecular weight is 396 g/mol. The molecule has 154 valence electrons. The number of amides is 1. The molecule has 0 spiro atoms. The summed E-state index contributed by atoms with van der Waals surface area (Å²) in [5, 5.41) is 11.3. The molecule has 0 bridgehead atoms. The second-order valence-corrected chi connectivity index (χ2v) is 6.73. The van der Waals surface area contributed by atoms with Gasteiger partial charge in [-0.05, 0) is 55.3 Å². The van der Waals surface area contributed by atoms with E-state index in [1.54, 1.807) is 24.3 Å². The molecule has 0 aromatic heterocycles. The topological polar surface area (TPSA) is 66.7 Å². The van der Waals surface area contributed by atoms with Crippen LogP contribution in [0.2, 0.25) is 0 Å². The molecule has 0 aliphatic carbocycles. The number of ether oxygens (including phenoxy) is 2. The molecule has 0 atom stereocenters. The van der Waals surface area contributed by atoms with Crippen LogP contribution in [0.1, 0.15) is 30.5 Å². The van der Waals surface area contributed by atoms with E-state index in [9.17, 15) is 4.79 Å². The molecule has 0 unspecified atom stereocenters. The van der Waals surface area contributed by atoms with Crippen LogP contribution in [0.25, 0.3) is 0 Å². The van der Waals surface area contributed by atoms with E-state index in [0.717, 1.165) is 22.6 Å². The number of benzene rings is 2. The third kappa shape index (κ3) is 5.34. The van der Waals surface area contributed by atoms with Gasteiger partial charge in [0.2, 0.25) is 5.91 Å². The maximum Gasteiger partial charge on any atom is 0.244 e. The van der Waals surface area contributed by atoms with E-state index >= 15 is 0 Å². The summed E-state index contributed by atoms with van der Waals surface area (Å²) < 4.78 is 11.5. The molecule has 2 aromatic rings. The van der Waals surface area contributed by atoms with E-state index < -0.39 is 0 Å². The molecule has 29 heavy (non-hydrogen) atoms. The SMILES string of the molecule is C=NN(C(C)=O)c1cccc(OC)c1COc1ccc(C(C)=NN(C)C)cc1C. The smallest absolute Gasteiger partial charge is 0.244 e. The normalized spacial score (nSPS) is 11.0. The van der Waals surface area contributed by atoms with Gasteiger partial charge in [0.05, 0.1) is 24.1 Å². The standard InChI is InChI=1S/C22H28N4O3/c1-15-13-18(16(2)24-25(5)6)11-12-21(15)29-14-19-20(26(23-4)17(3)27)9-8-10-22(19)28-7/h8-13H,4,14H2,1-3,5-7H3. The fourth-order valence-corrected chi connectivity index (χ4v) is 2.98. The number of hydrazone groups is 2. The summed E-state index contributed by atoms with van der Waals surface area (Å²) in [5.41, 5.74) is 4.23. The molecule has 1 amide bonds. The van der Waals surface area contributed by atoms with Crippen molar-refractivity contribution in [3.05, 3.63) is 53.1 Å². The van der Waals surface area contributed by atoms with Crippen LogP contribution in [0.5, 0.6) is 11.5 Å². The molecule has 2 rings (SSSR count). The number of methoxy groups -OCH3 is 1. The van der Waals surface area contributed by atoms with Gasteiger partial charge in [0.15, 0.2) is 0 Å². The number of carbonyl (C=O) groups is 1. The highest BCUT2D eigenvalue weighted by Crippen LogP contribution is 2.32. The second kappa shape index (κ2) is 9.73. The Morgan fingerprint density at radius 3 is 2.41 bits per heavy atom. The van der Waals surface area contributed by atoms with Crippen molar-refractivity contribution >= 4 is 24.0 Å². The first-order chi connectivity index (χ1) is 13.8. The number of aryl methyl sites for hydroxylation is 1. The van der Waals surface area contributed by atoms with Crippen molar-refractivity contribution in [2.75, 3.05) is 26.2 Å². The largest absolute Gasteiger partial charge is 0.496 e. The zero-order chi connectivity index (χ0) is 21.6. The molecular formula is C22H28N4O3. The van der Waals surface area contributed by atoms with Crippen molar-refractivity contribution in [2.24, 2.45) is 10.2 Å². The Balaban J connectivity index is 2.32. The van der Waals surface area contributed by atoms with Gasteiger partial charge in [-0.2, -0.15) is 10.2 Å². The zero-order valence-corrected chi connectivity index (χ0v) is 17.9. The van der Waals surface area contributed by atoms with Gasteiger partial charge in [0.25, 0.3) is 0 Å². The highest BCUT2D eigenvalue weighted by molar-refractivity contribution is 5.98. The van der Waals surface area contributed by atoms with Gasteiger partial charge in [-0.1, -0.05) is 6.07 Å². The first-order valence-electron chi connectivity index (χ1n) is 9.18. The number of hydrogen-bond acceptors (Lipinski definition) is 6. The Morgan fingerprint density at radius 2 is 1.86 bits per heavy atom. The minimum atomic E-state index is -0.245. The monoisotopic (exact) mass is 396 g/mol. The van der Waals surface area contributed by atoms with Crippen LogP contribution in [0.4, 0.5) is 5.69 Å². The third-order valence-corrected chi connectivity index (χ3v) is 4.31. The van der Waals surface area contributed by atoms with Crippen LogP contribution in [0.15, 0.2) is 46.6 Å². The predicted octanol–water partition coefficient (Wildman–Crippen LogP) is 3.84. The van der Waals surface area contributed by atoms with E-state index in [1.165, 1.54) is 11.9 Å². The lowest BCUT2D eigenvalue weighted by molar-refractivity contribution is -0.116. The lowest BCUT2D eigenvalue weighted by Gasteiger charge is -2.21. The quantitative estimate of drug-likeness (QED) is 0.502. The van der Waals surface area contributed by atoms with Crippen LogP contribution in [-0.4, -0.2) is 44.6 Å². The molecule has 0 fully saturated rings. The van der Waals surface area contributed by atoms with Gasteiger partial charge in [-0.25, -0.2) is 5.01 Å². The minimum Gasteiger partial charge on any atom is -0.496 e. The van der Waals surface area contributed by atoms with Crippen LogP contribution in [-0.2, 0) is 11.4 Å². The Kier molecular flexibility index (Phi) is 7.36. The Bertz CT molecular complexity index is 922. The summed E-state index contributed by atoms with van der Waals surface area (Å²) in [6.07, 6.45) is 0. The number of anilines is 1. The van der Waals surface area contributed by atoms with Gasteiger partial charge < -0.3 is 14.5 Å².